The van der Waals surface area contributed by atoms with Crippen molar-refractivity contribution < 1.29 is 18.3 Å². The van der Waals surface area contributed by atoms with Crippen LogP contribution in [-0.4, -0.2) is 31.5 Å². The second-order valence-electron chi connectivity index (χ2n) is 2.02. The minimum absolute atomic E-state index is 0.0303. The fraction of sp³-hybridized carbons (Fsp3) is 0.800. The first kappa shape index (κ1) is 10.8. The summed E-state index contributed by atoms with van der Waals surface area (Å²) >= 11 is 0. The lowest BCUT2D eigenvalue weighted by Gasteiger charge is -1.94. The number of hydrogen-bond donors (Lipinski definition) is 1. The zero-order valence-corrected chi connectivity index (χ0v) is 7.74. The highest BCUT2D eigenvalue weighted by atomic mass is 33.1. The van der Waals surface area contributed by atoms with Gasteiger partial charge >= 0.3 is 5.97 Å². The minimum Gasteiger partial charge on any atom is -0.481 e. The van der Waals surface area contributed by atoms with Crippen LogP contribution in [0.25, 0.3) is 0 Å². The normalized spacial score (nSPS) is 11.4. The number of aliphatic carboxylic acids is 1. The average molecular weight is 198 g/mol. The maximum atomic E-state index is 10.5. The second-order valence-corrected chi connectivity index (χ2v) is 6.60. The van der Waals surface area contributed by atoms with E-state index in [1.54, 1.807) is 0 Å². The van der Waals surface area contributed by atoms with Crippen LogP contribution in [0.15, 0.2) is 0 Å². The molecule has 0 aromatic heterocycles. The smallest absolute Gasteiger partial charge is 0.303 e. The van der Waals surface area contributed by atoms with Crippen LogP contribution in [0.1, 0.15) is 12.8 Å². The molecule has 0 heterocycles. The van der Waals surface area contributed by atoms with Crippen molar-refractivity contribution >= 4 is 25.6 Å². The highest BCUT2D eigenvalue weighted by Crippen LogP contribution is 2.11. The van der Waals surface area contributed by atoms with Crippen molar-refractivity contribution in [2.45, 2.75) is 12.8 Å². The summed E-state index contributed by atoms with van der Waals surface area (Å²) in [5, 5.41) is 8.18. The molecule has 0 bridgehead atoms. The molecule has 0 aromatic carbocycles. The number of hydrogen-bond acceptors (Lipinski definition) is 4. The lowest BCUT2D eigenvalue weighted by molar-refractivity contribution is -0.137. The fourth-order valence-electron chi connectivity index (χ4n) is 0.434. The van der Waals surface area contributed by atoms with Crippen molar-refractivity contribution in [3.63, 3.8) is 0 Å². The van der Waals surface area contributed by atoms with Crippen LogP contribution in [0.5, 0.6) is 0 Å². The molecule has 0 fully saturated rings. The van der Waals surface area contributed by atoms with Gasteiger partial charge in [-0.3, -0.25) is 4.79 Å². The summed E-state index contributed by atoms with van der Waals surface area (Å²) < 4.78 is 21.0. The zero-order valence-electron chi connectivity index (χ0n) is 6.11. The minimum atomic E-state index is -3.00. The monoisotopic (exact) mass is 198 g/mol. The average Bonchev–Trinajstić information content (AvgIpc) is 1.78. The molecule has 11 heavy (non-hydrogen) atoms. The Morgan fingerprint density at radius 1 is 1.55 bits per heavy atom. The SMILES string of the molecule is CS(=O)(=O)SCCCC(=O)O. The van der Waals surface area contributed by atoms with Gasteiger partial charge in [0.05, 0.1) is 0 Å². The summed E-state index contributed by atoms with van der Waals surface area (Å²) in [6, 6.07) is 0. The Hall–Kier alpha value is -0.230. The van der Waals surface area contributed by atoms with Crippen molar-refractivity contribution in [2.75, 3.05) is 12.0 Å². The third-order valence-corrected chi connectivity index (χ3v) is 3.50. The third kappa shape index (κ3) is 9.77. The van der Waals surface area contributed by atoms with E-state index >= 15 is 0 Å². The largest absolute Gasteiger partial charge is 0.481 e. The Kier molecular flexibility index (Phi) is 4.51. The van der Waals surface area contributed by atoms with Gasteiger partial charge in [-0.1, -0.05) is 0 Å². The zero-order chi connectivity index (χ0) is 8.91. The third-order valence-electron chi connectivity index (χ3n) is 0.832. The molecule has 0 aromatic rings. The van der Waals surface area contributed by atoms with E-state index in [0.29, 0.717) is 12.2 Å². The Balaban J connectivity index is 3.37. The van der Waals surface area contributed by atoms with E-state index in [1.807, 2.05) is 0 Å². The molecular formula is C5H10O4S2. The van der Waals surface area contributed by atoms with Crippen LogP contribution in [0.4, 0.5) is 0 Å². The Bertz CT molecular complexity index is 219. The molecule has 0 rings (SSSR count). The molecule has 0 aliphatic rings. The summed E-state index contributed by atoms with van der Waals surface area (Å²) in [7, 11) is -2.21. The van der Waals surface area contributed by atoms with Gasteiger partial charge in [0.2, 0.25) is 0 Å². The van der Waals surface area contributed by atoms with Crippen LogP contribution in [0.3, 0.4) is 0 Å². The van der Waals surface area contributed by atoms with E-state index in [9.17, 15) is 13.2 Å². The molecule has 0 aliphatic heterocycles. The van der Waals surface area contributed by atoms with E-state index in [4.69, 9.17) is 5.11 Å². The van der Waals surface area contributed by atoms with Gasteiger partial charge in [0.15, 0.2) is 8.87 Å². The van der Waals surface area contributed by atoms with Crippen molar-refractivity contribution in [3.05, 3.63) is 0 Å². The van der Waals surface area contributed by atoms with E-state index in [-0.39, 0.29) is 6.42 Å². The summed E-state index contributed by atoms with van der Waals surface area (Å²) in [5.41, 5.74) is 0. The van der Waals surface area contributed by atoms with Gasteiger partial charge in [-0.05, 0) is 17.2 Å². The Labute approximate surface area is 69.3 Å². The van der Waals surface area contributed by atoms with Gasteiger partial charge in [0.25, 0.3) is 0 Å². The van der Waals surface area contributed by atoms with Crippen LogP contribution >= 0.6 is 10.8 Å². The van der Waals surface area contributed by atoms with E-state index < -0.39 is 14.8 Å². The predicted molar refractivity (Wildman–Crippen MR) is 44.2 cm³/mol. The second kappa shape index (κ2) is 4.61. The van der Waals surface area contributed by atoms with E-state index in [2.05, 4.69) is 0 Å². The quantitative estimate of drug-likeness (QED) is 0.516. The number of carboxylic acids is 1. The summed E-state index contributed by atoms with van der Waals surface area (Å²) in [5.74, 6) is -0.537. The molecule has 0 saturated heterocycles. The summed E-state index contributed by atoms with van der Waals surface area (Å²) in [6.07, 6.45) is 1.54. The van der Waals surface area contributed by atoms with Gasteiger partial charge in [0.1, 0.15) is 0 Å². The number of carbonyl (C=O) groups is 1. The lowest BCUT2D eigenvalue weighted by Crippen LogP contribution is -1.97. The van der Waals surface area contributed by atoms with Crippen molar-refractivity contribution in [3.8, 4) is 0 Å². The predicted octanol–water partition coefficient (Wildman–Crippen LogP) is 0.544. The molecule has 4 nitrogen and oxygen atoms in total. The van der Waals surface area contributed by atoms with Crippen LogP contribution in [0, 0.1) is 0 Å². The molecular weight excluding hydrogens is 188 g/mol. The van der Waals surface area contributed by atoms with Crippen molar-refractivity contribution in [1.82, 2.24) is 0 Å². The highest BCUT2D eigenvalue weighted by Gasteiger charge is 2.03. The summed E-state index contributed by atoms with van der Waals surface area (Å²) in [4.78, 5) is 9.97. The summed E-state index contributed by atoms with van der Waals surface area (Å²) in [6.45, 7) is 0. The molecule has 6 heteroatoms. The molecule has 0 unspecified atom stereocenters. The molecule has 0 saturated carbocycles. The van der Waals surface area contributed by atoms with Crippen LogP contribution < -0.4 is 0 Å². The topological polar surface area (TPSA) is 71.4 Å². The maximum absolute atomic E-state index is 10.5. The van der Waals surface area contributed by atoms with Crippen molar-refractivity contribution in [2.24, 2.45) is 0 Å². The first-order chi connectivity index (χ1) is 4.92. The Morgan fingerprint density at radius 2 is 2.09 bits per heavy atom. The standard InChI is InChI=1S/C5H10O4S2/c1-11(8,9)10-4-2-3-5(6)7/h2-4H2,1H3,(H,6,7). The highest BCUT2D eigenvalue weighted by molar-refractivity contribution is 8.71. The fourth-order valence-corrected chi connectivity index (χ4v) is 2.26. The van der Waals surface area contributed by atoms with Crippen LogP contribution in [-0.2, 0) is 13.7 Å². The number of rotatable bonds is 5. The van der Waals surface area contributed by atoms with E-state index in [0.717, 1.165) is 17.0 Å². The van der Waals surface area contributed by atoms with Crippen LogP contribution in [0.2, 0.25) is 0 Å². The first-order valence-corrected chi connectivity index (χ1v) is 6.37. The van der Waals surface area contributed by atoms with Gasteiger partial charge in [-0.25, -0.2) is 8.42 Å². The lowest BCUT2D eigenvalue weighted by atomic mass is 10.3. The maximum Gasteiger partial charge on any atom is 0.303 e. The molecule has 0 aliphatic carbocycles. The molecule has 0 radical (unpaired) electrons. The molecule has 0 spiro atoms. The van der Waals surface area contributed by atoms with Gasteiger partial charge in [-0.2, -0.15) is 0 Å². The van der Waals surface area contributed by atoms with Gasteiger partial charge in [0, 0.05) is 18.4 Å². The van der Waals surface area contributed by atoms with Gasteiger partial charge < -0.3 is 5.11 Å². The van der Waals surface area contributed by atoms with Crippen molar-refractivity contribution in [1.29, 1.82) is 0 Å². The molecule has 0 atom stereocenters. The molecule has 0 amide bonds. The molecule has 66 valence electrons. The first-order valence-electron chi connectivity index (χ1n) is 2.98. The number of carboxylic acid groups (broad SMARTS) is 1. The van der Waals surface area contributed by atoms with E-state index in [1.165, 1.54) is 0 Å². The molecule has 1 N–H and O–H groups in total. The van der Waals surface area contributed by atoms with Gasteiger partial charge in [-0.15, -0.1) is 0 Å². The Morgan fingerprint density at radius 3 is 2.45 bits per heavy atom.